The van der Waals surface area contributed by atoms with E-state index in [1.54, 1.807) is 48.9 Å². The first-order chi connectivity index (χ1) is 19.1. The third kappa shape index (κ3) is 4.61. The number of hydrogen-bond donors (Lipinski definition) is 2. The molecule has 204 valence electrons. The highest BCUT2D eigenvalue weighted by Gasteiger charge is 2.43. The minimum absolute atomic E-state index is 0.101. The summed E-state index contributed by atoms with van der Waals surface area (Å²) in [5.41, 5.74) is 3.91. The van der Waals surface area contributed by atoms with Gasteiger partial charge in [-0.25, -0.2) is 18.4 Å². The minimum Gasteiger partial charge on any atom is -0.440 e. The lowest BCUT2D eigenvalue weighted by Gasteiger charge is -2.14. The van der Waals surface area contributed by atoms with Crippen LogP contribution in [0.3, 0.4) is 0 Å². The van der Waals surface area contributed by atoms with Crippen molar-refractivity contribution in [1.29, 1.82) is 0 Å². The molecule has 40 heavy (non-hydrogen) atoms. The fourth-order valence-electron chi connectivity index (χ4n) is 4.66. The van der Waals surface area contributed by atoms with Crippen LogP contribution >= 0.6 is 0 Å². The third-order valence-corrected chi connectivity index (χ3v) is 7.09. The van der Waals surface area contributed by atoms with E-state index >= 15 is 0 Å². The van der Waals surface area contributed by atoms with Crippen LogP contribution in [0, 0.1) is 13.8 Å². The van der Waals surface area contributed by atoms with Crippen molar-refractivity contribution in [3.8, 4) is 50.9 Å². The molecule has 0 saturated carbocycles. The first-order valence-electron chi connectivity index (χ1n) is 12.0. The maximum atomic E-state index is 13.7. The zero-order valence-corrected chi connectivity index (χ0v) is 22.0. The molecule has 1 aliphatic rings. The van der Waals surface area contributed by atoms with Gasteiger partial charge in [-0.3, -0.25) is 0 Å². The molecular weight excluding hydrogens is 544 g/mol. The Morgan fingerprint density at radius 3 is 2.42 bits per heavy atom. The molecule has 5 aromatic rings. The van der Waals surface area contributed by atoms with Gasteiger partial charge in [-0.05, 0) is 60.5 Å². The molecule has 0 radical (unpaired) electrons. The third-order valence-electron chi connectivity index (χ3n) is 6.39. The van der Waals surface area contributed by atoms with Crippen LogP contribution < -0.4 is 9.47 Å². The van der Waals surface area contributed by atoms with Gasteiger partial charge in [0.15, 0.2) is 33.9 Å². The molecule has 3 aromatic carbocycles. The lowest BCUT2D eigenvalue weighted by atomic mass is 9.98. The number of fused-ring (bicyclic) bond motifs is 1. The van der Waals surface area contributed by atoms with E-state index in [1.807, 2.05) is 18.2 Å². The van der Waals surface area contributed by atoms with Crippen LogP contribution in [-0.2, 0) is 17.3 Å². The van der Waals surface area contributed by atoms with Gasteiger partial charge in [0.25, 0.3) is 0 Å². The van der Waals surface area contributed by atoms with Crippen LogP contribution in [0.4, 0.5) is 8.78 Å². The number of rotatable bonds is 6. The number of halogens is 2. The molecule has 0 bridgehead atoms. The molecule has 2 aromatic heterocycles. The highest BCUT2D eigenvalue weighted by molar-refractivity contribution is 7.72. The number of ether oxygens (including phenoxy) is 2. The molecule has 0 aliphatic carbocycles. The average Bonchev–Trinajstić information content (AvgIpc) is 3.60. The molecule has 9 nitrogen and oxygen atoms in total. The van der Waals surface area contributed by atoms with Crippen LogP contribution in [0.25, 0.3) is 39.4 Å². The summed E-state index contributed by atoms with van der Waals surface area (Å²) in [5, 5.41) is 9.65. The van der Waals surface area contributed by atoms with Crippen molar-refractivity contribution in [2.24, 2.45) is 0 Å². The molecule has 12 heteroatoms. The molecule has 1 aliphatic heterocycles. The number of oxazole rings is 1. The molecule has 0 atom stereocenters. The van der Waals surface area contributed by atoms with E-state index in [0.717, 1.165) is 0 Å². The Hall–Kier alpha value is -4.55. The number of benzene rings is 3. The number of imidazole rings is 1. The number of hydrogen-bond acceptors (Lipinski definition) is 8. The van der Waals surface area contributed by atoms with Gasteiger partial charge in [0.1, 0.15) is 11.5 Å². The summed E-state index contributed by atoms with van der Waals surface area (Å²) in [7, 11) is -2.78. The molecule has 0 amide bonds. The van der Waals surface area contributed by atoms with Gasteiger partial charge >= 0.3 is 6.29 Å². The summed E-state index contributed by atoms with van der Waals surface area (Å²) in [6.07, 6.45) is -2.07. The first kappa shape index (κ1) is 25.7. The number of aryl methyl sites for hydroxylation is 2. The number of thiol groups is 1. The fraction of sp³-hybridized carbons (Fsp3) is 0.143. The monoisotopic (exact) mass is 565 g/mol. The maximum absolute atomic E-state index is 13.7. The van der Waals surface area contributed by atoms with Crippen molar-refractivity contribution < 1.29 is 36.2 Å². The smallest absolute Gasteiger partial charge is 0.440 e. The number of aliphatic hydroxyl groups excluding tert-OH is 1. The van der Waals surface area contributed by atoms with Gasteiger partial charge in [-0.1, -0.05) is 18.2 Å². The summed E-state index contributed by atoms with van der Waals surface area (Å²) in [6, 6.07) is 16.4. The molecule has 6 rings (SSSR count). The second kappa shape index (κ2) is 9.57. The predicted molar refractivity (Wildman–Crippen MR) is 140 cm³/mol. The highest BCUT2D eigenvalue weighted by atomic mass is 32.2. The number of nitrogens with zero attached hydrogens (tertiary/aromatic N) is 3. The van der Waals surface area contributed by atoms with E-state index in [-0.39, 0.29) is 23.0 Å². The number of alkyl halides is 2. The Morgan fingerprint density at radius 2 is 1.68 bits per heavy atom. The summed E-state index contributed by atoms with van der Waals surface area (Å²) in [4.78, 5) is 9.20. The molecule has 0 saturated heterocycles. The molecule has 3 heterocycles. The van der Waals surface area contributed by atoms with E-state index < -0.39 is 17.0 Å². The average molecular weight is 566 g/mol. The van der Waals surface area contributed by atoms with Gasteiger partial charge in [-0.2, -0.15) is 0 Å². The lowest BCUT2D eigenvalue weighted by Crippen LogP contribution is -2.25. The summed E-state index contributed by atoms with van der Waals surface area (Å²) < 4.78 is 67.5. The van der Waals surface area contributed by atoms with Gasteiger partial charge in [0.05, 0.1) is 22.9 Å². The van der Waals surface area contributed by atoms with Crippen molar-refractivity contribution >= 4 is 10.7 Å². The van der Waals surface area contributed by atoms with Gasteiger partial charge in [-0.15, -0.1) is 8.78 Å². The summed E-state index contributed by atoms with van der Waals surface area (Å²) in [5.74, 6) is 0.993. The van der Waals surface area contributed by atoms with Crippen LogP contribution in [0.2, 0.25) is 0 Å². The Labute approximate surface area is 228 Å². The molecule has 0 unspecified atom stereocenters. The topological polar surface area (TPSA) is 117 Å². The van der Waals surface area contributed by atoms with E-state index in [9.17, 15) is 22.3 Å². The van der Waals surface area contributed by atoms with Crippen LogP contribution in [0.15, 0.2) is 76.2 Å². The van der Waals surface area contributed by atoms with Gasteiger partial charge < -0.3 is 23.6 Å². The van der Waals surface area contributed by atoms with Crippen LogP contribution in [0.1, 0.15) is 17.4 Å². The Balaban J connectivity index is 1.56. The Kier molecular flexibility index (Phi) is 6.15. The van der Waals surface area contributed by atoms with E-state index in [0.29, 0.717) is 56.8 Å². The zero-order chi connectivity index (χ0) is 28.2. The van der Waals surface area contributed by atoms with Crippen molar-refractivity contribution in [2.45, 2.75) is 31.6 Å². The largest absolute Gasteiger partial charge is 0.586 e. The second-order valence-electron chi connectivity index (χ2n) is 9.09. The predicted octanol–water partition coefficient (Wildman–Crippen LogP) is 5.26. The fourth-order valence-corrected chi connectivity index (χ4v) is 5.12. The van der Waals surface area contributed by atoms with Crippen LogP contribution in [-0.4, -0.2) is 34.4 Å². The summed E-state index contributed by atoms with van der Waals surface area (Å²) in [6.45, 7) is 3.20. The first-order valence-corrected chi connectivity index (χ1v) is 13.2. The standard InChI is InChI=1S/C28H21F2N3O6S/c1-15-31-20(14-34)13-33(15)23-8-6-18(17-4-3-5-21(10-17)40(35)36)11-22(23)26-27(37-16(2)32-26)19-7-9-24-25(12-19)39-28(29,30)38-24/h3-13,34,40H,14H2,1-2H3. The SMILES string of the molecule is Cc1nc(-c2cc(-c3cccc([SH](=O)=O)c3)ccc2-n2cc(CO)nc2C)c(-c2ccc3c(c2)OC(F)(F)O3)o1. The van der Waals surface area contributed by atoms with Crippen LogP contribution in [0.5, 0.6) is 11.5 Å². The second-order valence-corrected chi connectivity index (χ2v) is 10.1. The van der Waals surface area contributed by atoms with E-state index in [2.05, 4.69) is 19.4 Å². The van der Waals surface area contributed by atoms with Crippen molar-refractivity contribution in [3.05, 3.63) is 84.3 Å². The quantitative estimate of drug-likeness (QED) is 0.268. The number of aliphatic hydroxyl groups is 1. The van der Waals surface area contributed by atoms with E-state index in [4.69, 9.17) is 4.42 Å². The minimum atomic E-state index is -3.77. The molecule has 0 spiro atoms. The van der Waals surface area contributed by atoms with E-state index in [1.165, 1.54) is 18.2 Å². The van der Waals surface area contributed by atoms with Gasteiger partial charge in [0.2, 0.25) is 0 Å². The van der Waals surface area contributed by atoms with Crippen molar-refractivity contribution in [1.82, 2.24) is 14.5 Å². The lowest BCUT2D eigenvalue weighted by molar-refractivity contribution is -0.286. The molecule has 1 N–H and O–H groups in total. The zero-order valence-electron chi connectivity index (χ0n) is 21.1. The van der Waals surface area contributed by atoms with Crippen molar-refractivity contribution in [3.63, 3.8) is 0 Å². The Bertz CT molecular complexity index is 1850. The van der Waals surface area contributed by atoms with Crippen molar-refractivity contribution in [2.75, 3.05) is 0 Å². The van der Waals surface area contributed by atoms with Gasteiger partial charge in [0, 0.05) is 24.2 Å². The molecular formula is C28H21F2N3O6S. The maximum Gasteiger partial charge on any atom is 0.586 e. The number of aromatic nitrogens is 3. The Morgan fingerprint density at radius 1 is 0.925 bits per heavy atom. The summed E-state index contributed by atoms with van der Waals surface area (Å²) >= 11 is 0. The molecule has 0 fully saturated rings. The highest BCUT2D eigenvalue weighted by Crippen LogP contribution is 2.45. The normalized spacial score (nSPS) is 13.8.